The lowest BCUT2D eigenvalue weighted by atomic mass is 9.33. The summed E-state index contributed by atoms with van der Waals surface area (Å²) in [5.41, 5.74) is 19.0. The van der Waals surface area contributed by atoms with E-state index in [-0.39, 0.29) is 6.71 Å². The SMILES string of the molecule is Cc1cc(C)c(B(c2c(C)cc(C)cc2C)c2cc3c4cccc5c4c(cc3c3ccccc23)-c2ccc(N(c3ccccc3)c3cccc4c3oc3ccccc34)cc2O5)c(C)c1. The van der Waals surface area contributed by atoms with Crippen LogP contribution in [-0.2, 0) is 0 Å². The minimum Gasteiger partial charge on any atom is -0.456 e. The van der Waals surface area contributed by atoms with E-state index in [0.717, 1.165) is 61.4 Å². The molecule has 1 aliphatic heterocycles. The van der Waals surface area contributed by atoms with Crippen LogP contribution in [0.4, 0.5) is 17.1 Å². The minimum atomic E-state index is 0.0367. The average Bonchev–Trinajstić information content (AvgIpc) is 3.68. The topological polar surface area (TPSA) is 25.6 Å². The van der Waals surface area contributed by atoms with Crippen LogP contribution in [0.2, 0.25) is 0 Å². The lowest BCUT2D eigenvalue weighted by Gasteiger charge is -2.29. The zero-order chi connectivity index (χ0) is 43.4. The largest absolute Gasteiger partial charge is 0.456 e. The second-order valence-corrected chi connectivity index (χ2v) is 18.0. The van der Waals surface area contributed by atoms with Gasteiger partial charge in [0, 0.05) is 33.5 Å². The summed E-state index contributed by atoms with van der Waals surface area (Å²) < 4.78 is 13.6. The normalized spacial score (nSPS) is 12.0. The Balaban J connectivity index is 1.09. The Kier molecular flexibility index (Phi) is 8.65. The first-order chi connectivity index (χ1) is 31.2. The van der Waals surface area contributed by atoms with E-state index in [4.69, 9.17) is 9.15 Å². The van der Waals surface area contributed by atoms with Crippen molar-refractivity contribution in [1.29, 1.82) is 0 Å². The molecule has 0 saturated heterocycles. The summed E-state index contributed by atoms with van der Waals surface area (Å²) in [5.74, 6) is 1.69. The number of benzene rings is 10. The molecule has 64 heavy (non-hydrogen) atoms. The van der Waals surface area contributed by atoms with Gasteiger partial charge >= 0.3 is 0 Å². The maximum absolute atomic E-state index is 7.04. The predicted octanol–water partition coefficient (Wildman–Crippen LogP) is 14.7. The second-order valence-electron chi connectivity index (χ2n) is 18.0. The smallest absolute Gasteiger partial charge is 0.243 e. The maximum Gasteiger partial charge on any atom is 0.243 e. The molecule has 0 N–H and O–H groups in total. The first kappa shape index (κ1) is 38.1. The number of nitrogens with zero attached hydrogens (tertiary/aromatic N) is 1. The monoisotopic (exact) mass is 823 g/mol. The van der Waals surface area contributed by atoms with Gasteiger partial charge < -0.3 is 14.1 Å². The molecular weight excluding hydrogens is 777 g/mol. The third kappa shape index (κ3) is 5.82. The molecule has 0 unspecified atom stereocenters. The fourth-order valence-electron chi connectivity index (χ4n) is 11.3. The summed E-state index contributed by atoms with van der Waals surface area (Å²) in [4.78, 5) is 2.28. The van der Waals surface area contributed by atoms with Gasteiger partial charge in [-0.3, -0.25) is 0 Å². The molecule has 0 amide bonds. The molecular formula is C60H46BNO2. The highest BCUT2D eigenvalue weighted by Gasteiger charge is 2.32. The van der Waals surface area contributed by atoms with Gasteiger partial charge in [0.1, 0.15) is 17.1 Å². The van der Waals surface area contributed by atoms with E-state index < -0.39 is 0 Å². The van der Waals surface area contributed by atoms with Crippen LogP contribution in [-0.4, -0.2) is 6.71 Å². The van der Waals surface area contributed by atoms with E-state index in [0.29, 0.717) is 0 Å². The Morgan fingerprint density at radius 3 is 1.72 bits per heavy atom. The molecule has 0 atom stereocenters. The molecule has 306 valence electrons. The summed E-state index contributed by atoms with van der Waals surface area (Å²) in [5, 5.41) is 9.55. The molecule has 3 nitrogen and oxygen atoms in total. The van der Waals surface area contributed by atoms with Gasteiger partial charge in [-0.2, -0.15) is 0 Å². The summed E-state index contributed by atoms with van der Waals surface area (Å²) in [7, 11) is 0. The molecule has 0 bridgehead atoms. The number of para-hydroxylation sites is 3. The van der Waals surface area contributed by atoms with Crippen LogP contribution >= 0.6 is 0 Å². The second kappa shape index (κ2) is 14.5. The highest BCUT2D eigenvalue weighted by atomic mass is 16.5. The number of rotatable bonds is 6. The number of hydrogen-bond acceptors (Lipinski definition) is 3. The molecule has 0 fully saturated rings. The quantitative estimate of drug-likeness (QED) is 0.123. The lowest BCUT2D eigenvalue weighted by Crippen LogP contribution is -2.56. The summed E-state index contributed by atoms with van der Waals surface area (Å²) in [6, 6.07) is 61.9. The first-order valence-corrected chi connectivity index (χ1v) is 22.4. The van der Waals surface area contributed by atoms with E-state index in [2.05, 4.69) is 204 Å². The molecule has 0 saturated carbocycles. The van der Waals surface area contributed by atoms with Crippen molar-refractivity contribution in [2.45, 2.75) is 41.5 Å². The van der Waals surface area contributed by atoms with Gasteiger partial charge in [0.05, 0.1) is 11.4 Å². The summed E-state index contributed by atoms with van der Waals surface area (Å²) >= 11 is 0. The van der Waals surface area contributed by atoms with Crippen molar-refractivity contribution in [2.24, 2.45) is 0 Å². The zero-order valence-corrected chi connectivity index (χ0v) is 37.0. The van der Waals surface area contributed by atoms with Crippen LogP contribution in [0.3, 0.4) is 0 Å². The maximum atomic E-state index is 7.04. The molecule has 11 aromatic rings. The fourth-order valence-corrected chi connectivity index (χ4v) is 11.3. The Morgan fingerprint density at radius 1 is 0.406 bits per heavy atom. The predicted molar refractivity (Wildman–Crippen MR) is 272 cm³/mol. The lowest BCUT2D eigenvalue weighted by molar-refractivity contribution is 0.487. The van der Waals surface area contributed by atoms with E-state index in [1.54, 1.807) is 0 Å². The Morgan fingerprint density at radius 2 is 1.00 bits per heavy atom. The number of ether oxygens (including phenoxy) is 1. The Hall–Kier alpha value is -7.56. The average molecular weight is 824 g/mol. The first-order valence-electron chi connectivity index (χ1n) is 22.4. The van der Waals surface area contributed by atoms with Crippen LogP contribution in [0.25, 0.3) is 65.4 Å². The highest BCUT2D eigenvalue weighted by molar-refractivity contribution is 6.98. The number of furan rings is 1. The van der Waals surface area contributed by atoms with Crippen molar-refractivity contribution in [1.82, 2.24) is 0 Å². The van der Waals surface area contributed by atoms with Gasteiger partial charge in [0.25, 0.3) is 0 Å². The van der Waals surface area contributed by atoms with Crippen LogP contribution in [0.1, 0.15) is 33.4 Å². The van der Waals surface area contributed by atoms with E-state index in [9.17, 15) is 0 Å². The molecule has 10 aromatic carbocycles. The van der Waals surface area contributed by atoms with Gasteiger partial charge in [-0.25, -0.2) is 0 Å². The van der Waals surface area contributed by atoms with Crippen molar-refractivity contribution >= 4 is 94.4 Å². The fraction of sp³-hybridized carbons (Fsp3) is 0.100. The van der Waals surface area contributed by atoms with Gasteiger partial charge in [0.15, 0.2) is 5.58 Å². The Bertz CT molecular complexity index is 3630. The van der Waals surface area contributed by atoms with Crippen molar-refractivity contribution in [3.05, 3.63) is 203 Å². The van der Waals surface area contributed by atoms with E-state index >= 15 is 0 Å². The standard InChI is InChI=1S/C60H46BNO2/c1-35-28-37(3)58(38(4)29-35)61(59-39(5)30-36(2)31-40(59)6)52-34-50-47-21-15-25-55-57(47)51(33-49(50)43-18-10-11-19-44(43)52)46-27-26-42(32-56(46)63-55)62(41-16-8-7-9-17-41)53-23-14-22-48-45-20-12-13-24-54(45)64-60(48)53/h7-34H,1-6H3. The van der Waals surface area contributed by atoms with Gasteiger partial charge in [0.2, 0.25) is 6.71 Å². The van der Waals surface area contributed by atoms with Crippen molar-refractivity contribution < 1.29 is 9.15 Å². The minimum absolute atomic E-state index is 0.0367. The van der Waals surface area contributed by atoms with E-state index in [1.165, 1.54) is 82.3 Å². The van der Waals surface area contributed by atoms with Gasteiger partial charge in [-0.05, 0) is 123 Å². The van der Waals surface area contributed by atoms with Crippen molar-refractivity contribution in [2.75, 3.05) is 4.90 Å². The molecule has 0 radical (unpaired) electrons. The molecule has 1 aromatic heterocycles. The molecule has 4 heteroatoms. The summed E-state index contributed by atoms with van der Waals surface area (Å²) in [6.45, 7) is 13.6. The van der Waals surface area contributed by atoms with Crippen molar-refractivity contribution in [3.8, 4) is 22.6 Å². The highest BCUT2D eigenvalue weighted by Crippen LogP contribution is 2.52. The number of anilines is 3. The van der Waals surface area contributed by atoms with Crippen LogP contribution in [0.5, 0.6) is 11.5 Å². The van der Waals surface area contributed by atoms with Gasteiger partial charge in [-0.1, -0.05) is 165 Å². The number of fused-ring (bicyclic) bond motifs is 9. The number of hydrogen-bond donors (Lipinski definition) is 0. The molecule has 0 spiro atoms. The third-order valence-electron chi connectivity index (χ3n) is 13.7. The zero-order valence-electron chi connectivity index (χ0n) is 37.0. The van der Waals surface area contributed by atoms with Crippen LogP contribution in [0.15, 0.2) is 174 Å². The Labute approximate surface area is 374 Å². The van der Waals surface area contributed by atoms with E-state index in [1.807, 2.05) is 12.1 Å². The molecule has 12 rings (SSSR count). The summed E-state index contributed by atoms with van der Waals surface area (Å²) in [6.07, 6.45) is 0. The van der Waals surface area contributed by atoms with Crippen LogP contribution < -0.4 is 26.0 Å². The molecule has 1 aliphatic rings. The number of aryl methyl sites for hydroxylation is 6. The van der Waals surface area contributed by atoms with Crippen molar-refractivity contribution in [3.63, 3.8) is 0 Å². The van der Waals surface area contributed by atoms with Crippen LogP contribution in [0, 0.1) is 41.5 Å². The molecule has 2 heterocycles. The molecule has 0 aliphatic carbocycles. The van der Waals surface area contributed by atoms with Gasteiger partial charge in [-0.15, -0.1) is 0 Å². The third-order valence-corrected chi connectivity index (χ3v) is 13.7.